The van der Waals surface area contributed by atoms with Crippen LogP contribution in [0, 0.1) is 0 Å². The first kappa shape index (κ1) is 37.2. The molecule has 7 aromatic rings. The SMILES string of the molecule is C=C(/C=C\C=C\c1ccccn1)c1ccccccc(/C(C)=C/C=C\Cc2ccccn2)c2cc(-c3cc(-c4ccccc4)cc(-c4ccccc4)c3)ccc12. The number of rotatable bonds is 11. The van der Waals surface area contributed by atoms with Crippen LogP contribution in [0.5, 0.6) is 0 Å². The van der Waals surface area contributed by atoms with Crippen molar-refractivity contribution in [2.75, 3.05) is 0 Å². The molecule has 0 radical (unpaired) electrons. The smallest absolute Gasteiger partial charge is 0.0629 e. The number of fused-ring (bicyclic) bond motifs is 1. The van der Waals surface area contributed by atoms with Gasteiger partial charge in [0.15, 0.2) is 0 Å². The summed E-state index contributed by atoms with van der Waals surface area (Å²) in [5.41, 5.74) is 13.2. The number of benzene rings is 4. The van der Waals surface area contributed by atoms with Gasteiger partial charge in [0.05, 0.1) is 5.69 Å². The number of aromatic nitrogens is 2. The quantitative estimate of drug-likeness (QED) is 0.124. The Balaban J connectivity index is 1.40. The van der Waals surface area contributed by atoms with Gasteiger partial charge in [-0.3, -0.25) is 9.97 Å². The van der Waals surface area contributed by atoms with Crippen molar-refractivity contribution >= 4 is 28.0 Å². The second-order valence-corrected chi connectivity index (χ2v) is 13.5. The summed E-state index contributed by atoms with van der Waals surface area (Å²) in [6.07, 6.45) is 19.0. The third-order valence-corrected chi connectivity index (χ3v) is 9.61. The van der Waals surface area contributed by atoms with E-state index in [4.69, 9.17) is 0 Å². The van der Waals surface area contributed by atoms with Gasteiger partial charge in [-0.25, -0.2) is 0 Å². The van der Waals surface area contributed by atoms with Crippen LogP contribution in [0.1, 0.15) is 29.4 Å². The molecule has 0 amide bonds. The zero-order valence-electron chi connectivity index (χ0n) is 31.7. The summed E-state index contributed by atoms with van der Waals surface area (Å²) in [5, 5.41) is 2.24. The van der Waals surface area contributed by atoms with Crippen molar-refractivity contribution in [2.45, 2.75) is 13.3 Å². The molecule has 0 aliphatic rings. The minimum absolute atomic E-state index is 0.768. The standard InChI is InChI=1S/C54H44N2/c1-41(21-13-15-27-49-29-17-19-35-55-49)51-31-11-3-4-12-32-52(42(2)22-14-16-28-50-30-18-20-36-56-50)54-40-45(33-34-53(51)54)48-38-46(43-23-7-5-8-24-43)37-47(39-48)44-25-9-6-10-26-44/h3-27,29-40H,1,28H2,2H3/b4-3?,11-3?,12-4?,16-14-,21-13-,27-15+,31-11?,32-12?,42-22+,51-31?,52-32?,53-51?,54-52?. The van der Waals surface area contributed by atoms with Gasteiger partial charge in [0, 0.05) is 24.5 Å². The van der Waals surface area contributed by atoms with Gasteiger partial charge < -0.3 is 0 Å². The molecule has 0 aliphatic carbocycles. The van der Waals surface area contributed by atoms with Crippen LogP contribution in [0.4, 0.5) is 0 Å². The first-order valence-corrected chi connectivity index (χ1v) is 19.0. The molecule has 0 fully saturated rings. The minimum atomic E-state index is 0.768. The van der Waals surface area contributed by atoms with Crippen molar-refractivity contribution in [3.8, 4) is 33.4 Å². The lowest BCUT2D eigenvalue weighted by atomic mass is 9.90. The van der Waals surface area contributed by atoms with Gasteiger partial charge in [-0.2, -0.15) is 0 Å². The molecule has 0 saturated carbocycles. The van der Waals surface area contributed by atoms with E-state index in [0.717, 1.165) is 62.0 Å². The Bertz CT molecular complexity index is 2540. The molecule has 0 spiro atoms. The van der Waals surface area contributed by atoms with E-state index in [9.17, 15) is 0 Å². The number of pyridine rings is 2. The third-order valence-electron chi connectivity index (χ3n) is 9.61. The zero-order valence-corrected chi connectivity index (χ0v) is 31.7. The molecule has 2 heterocycles. The fourth-order valence-electron chi connectivity index (χ4n) is 6.71. The molecule has 0 N–H and O–H groups in total. The summed E-state index contributed by atoms with van der Waals surface area (Å²) in [4.78, 5) is 8.90. The summed E-state index contributed by atoms with van der Waals surface area (Å²) in [7, 11) is 0. The maximum atomic E-state index is 4.57. The Labute approximate surface area is 331 Å². The molecule has 0 bridgehead atoms. The van der Waals surface area contributed by atoms with Crippen LogP contribution < -0.4 is 0 Å². The van der Waals surface area contributed by atoms with Crippen LogP contribution in [-0.4, -0.2) is 9.97 Å². The average Bonchev–Trinajstić information content (AvgIpc) is 3.26. The molecular formula is C54H44N2. The van der Waals surface area contributed by atoms with Crippen LogP contribution in [-0.2, 0) is 6.42 Å². The minimum Gasteiger partial charge on any atom is -0.261 e. The van der Waals surface area contributed by atoms with Crippen molar-refractivity contribution in [1.29, 1.82) is 0 Å². The number of allylic oxidation sites excluding steroid dienone is 8. The highest BCUT2D eigenvalue weighted by atomic mass is 14.7. The van der Waals surface area contributed by atoms with Crippen molar-refractivity contribution in [1.82, 2.24) is 9.97 Å². The number of hydrogen-bond donors (Lipinski definition) is 0. The van der Waals surface area contributed by atoms with Crippen LogP contribution in [0.15, 0.2) is 225 Å². The highest BCUT2D eigenvalue weighted by Crippen LogP contribution is 2.36. The number of nitrogens with zero attached hydrogens (tertiary/aromatic N) is 2. The monoisotopic (exact) mass is 720 g/mol. The van der Waals surface area contributed by atoms with Gasteiger partial charge >= 0.3 is 0 Å². The number of hydrogen-bond acceptors (Lipinski definition) is 2. The third kappa shape index (κ3) is 9.68. The molecule has 2 nitrogen and oxygen atoms in total. The fraction of sp³-hybridized carbons (Fsp3) is 0.0370. The molecule has 2 heteroatoms. The lowest BCUT2D eigenvalue weighted by molar-refractivity contribution is 1.11. The first-order valence-electron chi connectivity index (χ1n) is 19.0. The Morgan fingerprint density at radius 3 is 1.73 bits per heavy atom. The van der Waals surface area contributed by atoms with E-state index >= 15 is 0 Å². The van der Waals surface area contributed by atoms with Gasteiger partial charge in [0.25, 0.3) is 0 Å². The topological polar surface area (TPSA) is 25.8 Å². The lowest BCUT2D eigenvalue weighted by Crippen LogP contribution is -1.89. The Morgan fingerprint density at radius 1 is 0.500 bits per heavy atom. The van der Waals surface area contributed by atoms with Gasteiger partial charge in [0.2, 0.25) is 0 Å². The predicted molar refractivity (Wildman–Crippen MR) is 240 cm³/mol. The second kappa shape index (κ2) is 18.7. The molecule has 56 heavy (non-hydrogen) atoms. The zero-order chi connectivity index (χ0) is 38.4. The summed E-state index contributed by atoms with van der Waals surface area (Å²) >= 11 is 0. The Morgan fingerprint density at radius 2 is 1.09 bits per heavy atom. The predicted octanol–water partition coefficient (Wildman–Crippen LogP) is 14.2. The average molecular weight is 721 g/mol. The van der Waals surface area contributed by atoms with Crippen LogP contribution >= 0.6 is 0 Å². The molecule has 0 unspecified atom stereocenters. The van der Waals surface area contributed by atoms with E-state index in [-0.39, 0.29) is 0 Å². The highest BCUT2D eigenvalue weighted by molar-refractivity contribution is 6.02. The molecule has 0 saturated heterocycles. The highest BCUT2D eigenvalue weighted by Gasteiger charge is 2.11. The van der Waals surface area contributed by atoms with Gasteiger partial charge in [-0.15, -0.1) is 0 Å². The van der Waals surface area contributed by atoms with E-state index in [0.29, 0.717) is 0 Å². The van der Waals surface area contributed by atoms with E-state index in [1.807, 2.05) is 54.8 Å². The van der Waals surface area contributed by atoms with Crippen molar-refractivity contribution in [3.63, 3.8) is 0 Å². The van der Waals surface area contributed by atoms with E-state index in [1.165, 1.54) is 22.3 Å². The van der Waals surface area contributed by atoms with E-state index in [1.54, 1.807) is 6.20 Å². The van der Waals surface area contributed by atoms with Crippen molar-refractivity contribution in [2.24, 2.45) is 0 Å². The molecule has 0 aliphatic heterocycles. The molecule has 7 rings (SSSR count). The van der Waals surface area contributed by atoms with Gasteiger partial charge in [-0.1, -0.05) is 164 Å². The normalized spacial score (nSPS) is 11.7. The molecular weight excluding hydrogens is 677 g/mol. The van der Waals surface area contributed by atoms with Gasteiger partial charge in [0.1, 0.15) is 0 Å². The molecule has 5 aromatic carbocycles. The maximum Gasteiger partial charge on any atom is 0.0629 e. The Kier molecular flexibility index (Phi) is 12.4. The maximum absolute atomic E-state index is 4.57. The summed E-state index contributed by atoms with van der Waals surface area (Å²) in [5.74, 6) is 0. The van der Waals surface area contributed by atoms with Crippen LogP contribution in [0.2, 0.25) is 0 Å². The lowest BCUT2D eigenvalue weighted by Gasteiger charge is -2.14. The second-order valence-electron chi connectivity index (χ2n) is 13.5. The van der Waals surface area contributed by atoms with Gasteiger partial charge in [-0.05, 0) is 128 Å². The fourth-order valence-corrected chi connectivity index (χ4v) is 6.71. The molecule has 2 aromatic heterocycles. The summed E-state index contributed by atoms with van der Waals surface area (Å²) < 4.78 is 0. The van der Waals surface area contributed by atoms with E-state index < -0.39 is 0 Å². The summed E-state index contributed by atoms with van der Waals surface area (Å²) in [6, 6.07) is 59.7. The molecule has 270 valence electrons. The molecule has 0 atom stereocenters. The Hall–Kier alpha value is -7.16. The first-order chi connectivity index (χ1) is 27.6. The largest absolute Gasteiger partial charge is 0.261 e. The summed E-state index contributed by atoms with van der Waals surface area (Å²) in [6.45, 7) is 6.76. The van der Waals surface area contributed by atoms with Crippen LogP contribution in [0.25, 0.3) is 61.4 Å². The van der Waals surface area contributed by atoms with Crippen molar-refractivity contribution < 1.29 is 0 Å². The van der Waals surface area contributed by atoms with Crippen LogP contribution in [0.3, 0.4) is 0 Å². The van der Waals surface area contributed by atoms with E-state index in [2.05, 4.69) is 187 Å². The van der Waals surface area contributed by atoms with Crippen molar-refractivity contribution in [3.05, 3.63) is 248 Å².